The fourth-order valence-electron chi connectivity index (χ4n) is 2.76. The number of carbonyl (C=O) groups excluding carboxylic acids is 2. The van der Waals surface area contributed by atoms with E-state index in [1.807, 2.05) is 0 Å². The molecule has 2 rings (SSSR count). The van der Waals surface area contributed by atoms with E-state index >= 15 is 0 Å². The van der Waals surface area contributed by atoms with Gasteiger partial charge < -0.3 is 5.73 Å². The van der Waals surface area contributed by atoms with Gasteiger partial charge >= 0.3 is 0 Å². The van der Waals surface area contributed by atoms with Crippen LogP contribution < -0.4 is 5.73 Å². The molecule has 1 saturated heterocycles. The third kappa shape index (κ3) is 3.26. The minimum Gasteiger partial charge on any atom is -0.368 e. The van der Waals surface area contributed by atoms with Crippen LogP contribution in [0.15, 0.2) is 18.2 Å². The number of nitrogens with two attached hydrogens (primary N) is 1. The molecule has 2 N–H and O–H groups in total. The summed E-state index contributed by atoms with van der Waals surface area (Å²) in [4.78, 5) is 25.6. The molecule has 1 aliphatic rings. The average molecular weight is 296 g/mol. The number of rotatable bonds is 4. The number of nitrogens with zero attached hydrogens (tertiary/aromatic N) is 1. The number of ketones is 1. The molecule has 2 atom stereocenters. The Labute approximate surface area is 121 Å². The van der Waals surface area contributed by atoms with Gasteiger partial charge in [-0.1, -0.05) is 6.42 Å². The molecule has 4 nitrogen and oxygen atoms in total. The Kier molecular flexibility index (Phi) is 4.67. The molecule has 0 spiro atoms. The molecule has 1 heterocycles. The van der Waals surface area contributed by atoms with E-state index in [1.165, 1.54) is 6.07 Å². The summed E-state index contributed by atoms with van der Waals surface area (Å²) in [6, 6.07) is 1.98. The van der Waals surface area contributed by atoms with Crippen molar-refractivity contribution in [2.24, 2.45) is 5.73 Å². The Hall–Kier alpha value is -1.82. The molecule has 1 aliphatic heterocycles. The van der Waals surface area contributed by atoms with E-state index in [0.29, 0.717) is 13.0 Å². The van der Waals surface area contributed by atoms with Gasteiger partial charge in [-0.05, 0) is 44.5 Å². The molecular weight excluding hydrogens is 278 g/mol. The summed E-state index contributed by atoms with van der Waals surface area (Å²) >= 11 is 0. The summed E-state index contributed by atoms with van der Waals surface area (Å²) in [5, 5.41) is 0. The summed E-state index contributed by atoms with van der Waals surface area (Å²) in [5.41, 5.74) is 5.47. The molecule has 0 aliphatic carbocycles. The standard InChI is InChI=1S/C15H18F2N2O2/c1-9(19-7-3-2-4-13(19)15(18)21)14(20)10-5-6-11(16)12(17)8-10/h5-6,8-9,13H,2-4,7H2,1H3,(H2,18,21). The first-order chi connectivity index (χ1) is 9.91. The van der Waals surface area contributed by atoms with Gasteiger partial charge in [-0.2, -0.15) is 0 Å². The zero-order valence-electron chi connectivity index (χ0n) is 11.8. The highest BCUT2D eigenvalue weighted by Gasteiger charge is 2.33. The monoisotopic (exact) mass is 296 g/mol. The predicted molar refractivity (Wildman–Crippen MR) is 73.7 cm³/mol. The van der Waals surface area contributed by atoms with Crippen molar-refractivity contribution in [1.29, 1.82) is 0 Å². The van der Waals surface area contributed by atoms with E-state index in [0.717, 1.165) is 25.0 Å². The quantitative estimate of drug-likeness (QED) is 0.863. The van der Waals surface area contributed by atoms with Gasteiger partial charge in [0.05, 0.1) is 12.1 Å². The summed E-state index contributed by atoms with van der Waals surface area (Å²) in [5.74, 6) is -2.85. The molecule has 0 saturated carbocycles. The van der Waals surface area contributed by atoms with E-state index in [9.17, 15) is 18.4 Å². The Morgan fingerprint density at radius 3 is 2.62 bits per heavy atom. The number of carbonyl (C=O) groups is 2. The Morgan fingerprint density at radius 1 is 1.29 bits per heavy atom. The Morgan fingerprint density at radius 2 is 2.00 bits per heavy atom. The molecular formula is C15H18F2N2O2. The first-order valence-electron chi connectivity index (χ1n) is 6.96. The Bertz CT molecular complexity index is 563. The van der Waals surface area contributed by atoms with E-state index in [1.54, 1.807) is 11.8 Å². The maximum atomic E-state index is 13.2. The maximum Gasteiger partial charge on any atom is 0.234 e. The summed E-state index contributed by atoms with van der Waals surface area (Å²) in [7, 11) is 0. The molecule has 1 aromatic carbocycles. The molecule has 21 heavy (non-hydrogen) atoms. The molecule has 0 bridgehead atoms. The first kappa shape index (κ1) is 15.6. The lowest BCUT2D eigenvalue weighted by atomic mass is 9.96. The zero-order valence-corrected chi connectivity index (χ0v) is 11.8. The van der Waals surface area contributed by atoms with Crippen molar-refractivity contribution in [1.82, 2.24) is 4.90 Å². The van der Waals surface area contributed by atoms with Crippen molar-refractivity contribution in [2.45, 2.75) is 38.3 Å². The van der Waals surface area contributed by atoms with Crippen molar-refractivity contribution in [2.75, 3.05) is 6.54 Å². The van der Waals surface area contributed by atoms with Crippen molar-refractivity contribution >= 4 is 11.7 Å². The number of likely N-dealkylation sites (tertiary alicyclic amines) is 1. The van der Waals surface area contributed by atoms with E-state index in [4.69, 9.17) is 5.73 Å². The van der Waals surface area contributed by atoms with Gasteiger partial charge in [0.2, 0.25) is 5.91 Å². The largest absolute Gasteiger partial charge is 0.368 e. The number of halogens is 2. The molecule has 114 valence electrons. The van der Waals surface area contributed by atoms with E-state index in [-0.39, 0.29) is 11.3 Å². The average Bonchev–Trinajstić information content (AvgIpc) is 2.48. The molecule has 1 fully saturated rings. The normalized spacial score (nSPS) is 21.0. The molecule has 6 heteroatoms. The van der Waals surface area contributed by atoms with E-state index in [2.05, 4.69) is 0 Å². The third-order valence-electron chi connectivity index (χ3n) is 3.95. The van der Waals surface area contributed by atoms with Crippen LogP contribution in [0.1, 0.15) is 36.5 Å². The van der Waals surface area contributed by atoms with Gasteiger partial charge in [0, 0.05) is 5.56 Å². The van der Waals surface area contributed by atoms with Crippen LogP contribution in [0.25, 0.3) is 0 Å². The number of benzene rings is 1. The lowest BCUT2D eigenvalue weighted by Crippen LogP contribution is -2.53. The van der Waals surface area contributed by atoms with Crippen LogP contribution in [0.2, 0.25) is 0 Å². The van der Waals surface area contributed by atoms with E-state index < -0.39 is 29.6 Å². The third-order valence-corrected chi connectivity index (χ3v) is 3.95. The van der Waals surface area contributed by atoms with Gasteiger partial charge in [-0.25, -0.2) is 8.78 Å². The van der Waals surface area contributed by atoms with Crippen molar-refractivity contribution in [3.8, 4) is 0 Å². The number of piperidine rings is 1. The highest BCUT2D eigenvalue weighted by atomic mass is 19.2. The van der Waals surface area contributed by atoms with Crippen molar-refractivity contribution < 1.29 is 18.4 Å². The lowest BCUT2D eigenvalue weighted by Gasteiger charge is -2.37. The van der Waals surface area contributed by atoms with Crippen LogP contribution in [0.3, 0.4) is 0 Å². The minimum atomic E-state index is -1.06. The molecule has 2 unspecified atom stereocenters. The number of hydrogen-bond donors (Lipinski definition) is 1. The van der Waals surface area contributed by atoms with Crippen LogP contribution in [0, 0.1) is 11.6 Å². The lowest BCUT2D eigenvalue weighted by molar-refractivity contribution is -0.124. The predicted octanol–water partition coefficient (Wildman–Crippen LogP) is 1.88. The van der Waals surface area contributed by atoms with Gasteiger partial charge in [0.25, 0.3) is 0 Å². The highest BCUT2D eigenvalue weighted by Crippen LogP contribution is 2.22. The number of hydrogen-bond acceptors (Lipinski definition) is 3. The zero-order chi connectivity index (χ0) is 15.6. The second kappa shape index (κ2) is 6.30. The van der Waals surface area contributed by atoms with Crippen molar-refractivity contribution in [3.63, 3.8) is 0 Å². The van der Waals surface area contributed by atoms with Crippen LogP contribution >= 0.6 is 0 Å². The molecule has 0 radical (unpaired) electrons. The van der Waals surface area contributed by atoms with Crippen LogP contribution in [-0.2, 0) is 4.79 Å². The fourth-order valence-corrected chi connectivity index (χ4v) is 2.76. The van der Waals surface area contributed by atoms with Gasteiger partial charge in [-0.3, -0.25) is 14.5 Å². The molecule has 1 aromatic rings. The highest BCUT2D eigenvalue weighted by molar-refractivity contribution is 6.00. The van der Waals surface area contributed by atoms with Gasteiger partial charge in [0.15, 0.2) is 17.4 Å². The maximum absolute atomic E-state index is 13.2. The van der Waals surface area contributed by atoms with Crippen LogP contribution in [0.4, 0.5) is 8.78 Å². The fraction of sp³-hybridized carbons (Fsp3) is 0.467. The number of primary amides is 1. The van der Waals surface area contributed by atoms with Crippen LogP contribution in [0.5, 0.6) is 0 Å². The second-order valence-corrected chi connectivity index (χ2v) is 5.32. The number of amides is 1. The molecule has 1 amide bonds. The topological polar surface area (TPSA) is 63.4 Å². The molecule has 0 aromatic heterocycles. The number of Topliss-reactive ketones (excluding diaryl/α,β-unsaturated/α-hetero) is 1. The van der Waals surface area contributed by atoms with Gasteiger partial charge in [0.1, 0.15) is 0 Å². The van der Waals surface area contributed by atoms with Crippen molar-refractivity contribution in [3.05, 3.63) is 35.4 Å². The van der Waals surface area contributed by atoms with Gasteiger partial charge in [-0.15, -0.1) is 0 Å². The minimum absolute atomic E-state index is 0.0928. The van der Waals surface area contributed by atoms with Crippen LogP contribution in [-0.4, -0.2) is 35.2 Å². The summed E-state index contributed by atoms with van der Waals surface area (Å²) in [6.07, 6.45) is 2.38. The second-order valence-electron chi connectivity index (χ2n) is 5.32. The SMILES string of the molecule is CC(C(=O)c1ccc(F)c(F)c1)N1CCCCC1C(N)=O. The first-order valence-corrected chi connectivity index (χ1v) is 6.96. The smallest absolute Gasteiger partial charge is 0.234 e. The summed E-state index contributed by atoms with van der Waals surface area (Å²) in [6.45, 7) is 2.25. The Balaban J connectivity index is 2.20. The summed E-state index contributed by atoms with van der Waals surface area (Å²) < 4.78 is 26.2.